The summed E-state index contributed by atoms with van der Waals surface area (Å²) in [5.41, 5.74) is 8.67. The maximum atomic E-state index is 12.6. The number of nitrogens with zero attached hydrogens (tertiary/aromatic N) is 1. The summed E-state index contributed by atoms with van der Waals surface area (Å²) in [4.78, 5) is 26.9. The van der Waals surface area contributed by atoms with E-state index in [0.717, 1.165) is 37.2 Å². The van der Waals surface area contributed by atoms with Gasteiger partial charge in [-0.2, -0.15) is 0 Å². The summed E-state index contributed by atoms with van der Waals surface area (Å²) in [6, 6.07) is 8.73. The normalized spacial score (nSPS) is 24.7. The molecule has 2 aliphatic rings. The lowest BCUT2D eigenvalue weighted by molar-refractivity contribution is -0.134. The molecule has 0 radical (unpaired) electrons. The summed E-state index contributed by atoms with van der Waals surface area (Å²) in [5.74, 6) is 0.786. The van der Waals surface area contributed by atoms with E-state index in [4.69, 9.17) is 0 Å². The molecule has 3 unspecified atom stereocenters. The van der Waals surface area contributed by atoms with E-state index in [-0.39, 0.29) is 24.7 Å². The standard InChI is InChI=1S/C21H32N4O2/c1-4-17-16-13-25(12-11-19(16)24-23-17)21(27)10-9-20(26)22-18-8-6-5-7-15(18)14(2)3/h5-8,14,16-17,19,23-24H,4,9-13H2,1-3H3,(H,22,26). The number of benzene rings is 1. The zero-order valence-corrected chi connectivity index (χ0v) is 16.6. The molecular formula is C21H32N4O2. The first kappa shape index (κ1) is 19.8. The molecule has 148 valence electrons. The highest BCUT2D eigenvalue weighted by Gasteiger charge is 2.39. The van der Waals surface area contributed by atoms with Crippen molar-refractivity contribution in [1.82, 2.24) is 15.8 Å². The zero-order valence-electron chi connectivity index (χ0n) is 16.6. The minimum atomic E-state index is -0.0954. The summed E-state index contributed by atoms with van der Waals surface area (Å²) in [6.07, 6.45) is 2.51. The van der Waals surface area contributed by atoms with Crippen molar-refractivity contribution in [2.24, 2.45) is 5.92 Å². The molecular weight excluding hydrogens is 340 g/mol. The molecule has 0 saturated carbocycles. The summed E-state index contributed by atoms with van der Waals surface area (Å²) >= 11 is 0. The largest absolute Gasteiger partial charge is 0.342 e. The maximum Gasteiger partial charge on any atom is 0.224 e. The quantitative estimate of drug-likeness (QED) is 0.718. The van der Waals surface area contributed by atoms with Gasteiger partial charge in [-0.15, -0.1) is 0 Å². The second-order valence-corrected chi connectivity index (χ2v) is 7.99. The summed E-state index contributed by atoms with van der Waals surface area (Å²) in [7, 11) is 0. The SMILES string of the molecule is CCC1NNC2CCN(C(=O)CCC(=O)Nc3ccccc3C(C)C)CC12. The number of carbonyl (C=O) groups is 2. The monoisotopic (exact) mass is 372 g/mol. The lowest BCUT2D eigenvalue weighted by atomic mass is 9.87. The lowest BCUT2D eigenvalue weighted by Crippen LogP contribution is -2.48. The fourth-order valence-electron chi connectivity index (χ4n) is 4.23. The number of para-hydroxylation sites is 1. The van der Waals surface area contributed by atoms with Crippen LogP contribution in [0.1, 0.15) is 57.9 Å². The summed E-state index contributed by atoms with van der Waals surface area (Å²) in [6.45, 7) is 7.92. The molecule has 3 rings (SSSR count). The maximum absolute atomic E-state index is 12.6. The Bertz CT molecular complexity index is 670. The van der Waals surface area contributed by atoms with Gasteiger partial charge in [0.1, 0.15) is 0 Å². The Balaban J connectivity index is 1.50. The number of hydrogen-bond donors (Lipinski definition) is 3. The van der Waals surface area contributed by atoms with Crippen molar-refractivity contribution in [3.8, 4) is 0 Å². The Hall–Kier alpha value is -1.92. The number of amides is 2. The number of piperidine rings is 1. The van der Waals surface area contributed by atoms with Crippen LogP contribution in [-0.2, 0) is 9.59 Å². The number of hydrazine groups is 1. The molecule has 27 heavy (non-hydrogen) atoms. The molecule has 6 heteroatoms. The number of nitrogens with one attached hydrogen (secondary N) is 3. The van der Waals surface area contributed by atoms with Crippen molar-refractivity contribution in [2.45, 2.75) is 64.5 Å². The molecule has 2 aliphatic heterocycles. The molecule has 2 fully saturated rings. The molecule has 1 aromatic rings. The van der Waals surface area contributed by atoms with Gasteiger partial charge in [-0.1, -0.05) is 39.0 Å². The van der Waals surface area contributed by atoms with Crippen LogP contribution in [0.4, 0.5) is 5.69 Å². The van der Waals surface area contributed by atoms with Gasteiger partial charge in [0, 0.05) is 49.6 Å². The first-order chi connectivity index (χ1) is 13.0. The molecule has 0 aromatic heterocycles. The molecule has 1 aromatic carbocycles. The number of anilines is 1. The van der Waals surface area contributed by atoms with E-state index in [1.165, 1.54) is 0 Å². The van der Waals surface area contributed by atoms with Crippen molar-refractivity contribution in [1.29, 1.82) is 0 Å². The van der Waals surface area contributed by atoms with Crippen LogP contribution in [-0.4, -0.2) is 41.9 Å². The topological polar surface area (TPSA) is 73.5 Å². The van der Waals surface area contributed by atoms with Crippen LogP contribution in [0, 0.1) is 5.92 Å². The third kappa shape index (κ3) is 4.68. The third-order valence-corrected chi connectivity index (χ3v) is 5.84. The number of rotatable bonds is 6. The van der Waals surface area contributed by atoms with Crippen LogP contribution in [0.3, 0.4) is 0 Å². The van der Waals surface area contributed by atoms with Gasteiger partial charge in [0.25, 0.3) is 0 Å². The first-order valence-corrected chi connectivity index (χ1v) is 10.2. The van der Waals surface area contributed by atoms with Crippen molar-refractivity contribution in [3.05, 3.63) is 29.8 Å². The molecule has 3 N–H and O–H groups in total. The van der Waals surface area contributed by atoms with E-state index >= 15 is 0 Å². The Morgan fingerprint density at radius 1 is 1.22 bits per heavy atom. The number of carbonyl (C=O) groups excluding carboxylic acids is 2. The molecule has 2 heterocycles. The molecule has 0 spiro atoms. The summed E-state index contributed by atoms with van der Waals surface area (Å²) in [5, 5.41) is 2.97. The fourth-order valence-corrected chi connectivity index (χ4v) is 4.23. The Kier molecular flexibility index (Phi) is 6.50. The highest BCUT2D eigenvalue weighted by molar-refractivity contribution is 5.94. The van der Waals surface area contributed by atoms with Gasteiger partial charge < -0.3 is 10.2 Å². The van der Waals surface area contributed by atoms with Crippen molar-refractivity contribution in [2.75, 3.05) is 18.4 Å². The van der Waals surface area contributed by atoms with E-state index < -0.39 is 0 Å². The fraction of sp³-hybridized carbons (Fsp3) is 0.619. The molecule has 0 aliphatic carbocycles. The average Bonchev–Trinajstić information content (AvgIpc) is 3.08. The molecule has 2 amide bonds. The molecule has 0 bridgehead atoms. The van der Waals surface area contributed by atoms with Crippen LogP contribution < -0.4 is 16.2 Å². The molecule has 2 saturated heterocycles. The predicted octanol–water partition coefficient (Wildman–Crippen LogP) is 2.63. The van der Waals surface area contributed by atoms with Crippen LogP contribution in [0.5, 0.6) is 0 Å². The van der Waals surface area contributed by atoms with Gasteiger partial charge in [0.2, 0.25) is 11.8 Å². The van der Waals surface area contributed by atoms with Crippen molar-refractivity contribution in [3.63, 3.8) is 0 Å². The second kappa shape index (κ2) is 8.85. The van der Waals surface area contributed by atoms with E-state index in [1.54, 1.807) is 0 Å². The van der Waals surface area contributed by atoms with Gasteiger partial charge in [0.05, 0.1) is 0 Å². The van der Waals surface area contributed by atoms with Crippen molar-refractivity contribution < 1.29 is 9.59 Å². The van der Waals surface area contributed by atoms with E-state index in [2.05, 4.69) is 36.9 Å². The van der Waals surface area contributed by atoms with Gasteiger partial charge >= 0.3 is 0 Å². The van der Waals surface area contributed by atoms with Crippen LogP contribution in [0.15, 0.2) is 24.3 Å². The average molecular weight is 373 g/mol. The van der Waals surface area contributed by atoms with Gasteiger partial charge in [-0.3, -0.25) is 20.4 Å². The Morgan fingerprint density at radius 3 is 2.74 bits per heavy atom. The van der Waals surface area contributed by atoms with Gasteiger partial charge in [0.15, 0.2) is 0 Å². The van der Waals surface area contributed by atoms with E-state index in [0.29, 0.717) is 23.9 Å². The third-order valence-electron chi connectivity index (χ3n) is 5.84. The van der Waals surface area contributed by atoms with E-state index in [1.807, 2.05) is 29.2 Å². The van der Waals surface area contributed by atoms with Crippen molar-refractivity contribution >= 4 is 17.5 Å². The van der Waals surface area contributed by atoms with Gasteiger partial charge in [-0.05, 0) is 30.4 Å². The molecule has 3 atom stereocenters. The first-order valence-electron chi connectivity index (χ1n) is 10.2. The smallest absolute Gasteiger partial charge is 0.224 e. The van der Waals surface area contributed by atoms with Crippen LogP contribution in [0.2, 0.25) is 0 Å². The predicted molar refractivity (Wildman–Crippen MR) is 107 cm³/mol. The minimum absolute atomic E-state index is 0.0856. The van der Waals surface area contributed by atoms with Gasteiger partial charge in [-0.25, -0.2) is 0 Å². The molecule has 6 nitrogen and oxygen atoms in total. The van der Waals surface area contributed by atoms with Crippen LogP contribution in [0.25, 0.3) is 0 Å². The van der Waals surface area contributed by atoms with E-state index in [9.17, 15) is 9.59 Å². The zero-order chi connectivity index (χ0) is 19.4. The number of likely N-dealkylation sites (tertiary alicyclic amines) is 1. The Labute approximate surface area is 162 Å². The minimum Gasteiger partial charge on any atom is -0.342 e. The highest BCUT2D eigenvalue weighted by atomic mass is 16.2. The number of fused-ring (bicyclic) bond motifs is 1. The second-order valence-electron chi connectivity index (χ2n) is 7.99. The Morgan fingerprint density at radius 2 is 2.00 bits per heavy atom. The summed E-state index contributed by atoms with van der Waals surface area (Å²) < 4.78 is 0. The highest BCUT2D eigenvalue weighted by Crippen LogP contribution is 2.26. The van der Waals surface area contributed by atoms with Crippen LogP contribution >= 0.6 is 0 Å². The number of hydrogen-bond acceptors (Lipinski definition) is 4. The lowest BCUT2D eigenvalue weighted by Gasteiger charge is -2.36.